The highest BCUT2D eigenvalue weighted by Crippen LogP contribution is 2.65. The van der Waals surface area contributed by atoms with Crippen molar-refractivity contribution >= 4 is 0 Å². The van der Waals surface area contributed by atoms with Crippen molar-refractivity contribution in [2.75, 3.05) is 0 Å². The number of nitroso groups, excluding NO2 is 1. The minimum atomic E-state index is 0.145. The molecular weight excluding hydrogens is 174 g/mol. The number of fused-ring (bicyclic) bond motifs is 2. The quantitative estimate of drug-likeness (QED) is 0.588. The monoisotopic (exact) mass is 193 g/mol. The highest BCUT2D eigenvalue weighted by atomic mass is 16.3. The molecule has 3 rings (SSSR count). The van der Waals surface area contributed by atoms with Crippen LogP contribution in [0.25, 0.3) is 0 Å². The molecule has 0 N–H and O–H groups in total. The summed E-state index contributed by atoms with van der Waals surface area (Å²) in [5.41, 5.74) is 0.579. The van der Waals surface area contributed by atoms with E-state index in [-0.39, 0.29) is 6.04 Å². The number of nitrogens with zero attached hydrogens (tertiary/aromatic N) is 1. The first-order valence-corrected chi connectivity index (χ1v) is 5.98. The summed E-state index contributed by atoms with van der Waals surface area (Å²) in [5, 5.41) is 3.41. The highest BCUT2D eigenvalue weighted by molar-refractivity contribution is 5.10. The van der Waals surface area contributed by atoms with E-state index in [9.17, 15) is 4.91 Å². The van der Waals surface area contributed by atoms with Gasteiger partial charge in [0.15, 0.2) is 0 Å². The third-order valence-electron chi connectivity index (χ3n) is 5.22. The highest BCUT2D eigenvalue weighted by Gasteiger charge is 2.59. The van der Waals surface area contributed by atoms with E-state index in [0.29, 0.717) is 17.3 Å². The Bertz CT molecular complexity index is 277. The molecule has 6 atom stereocenters. The number of hydrogen-bond donors (Lipinski definition) is 0. The van der Waals surface area contributed by atoms with Crippen LogP contribution in [0.4, 0.5) is 0 Å². The zero-order chi connectivity index (χ0) is 9.92. The second-order valence-electron chi connectivity index (χ2n) is 6.12. The molecule has 14 heavy (non-hydrogen) atoms. The fraction of sp³-hybridized carbons (Fsp3) is 1.00. The maximum Gasteiger partial charge on any atom is 0.0978 e. The van der Waals surface area contributed by atoms with Crippen molar-refractivity contribution in [2.45, 2.75) is 45.6 Å². The molecule has 0 heterocycles. The van der Waals surface area contributed by atoms with Gasteiger partial charge in [-0.15, -0.1) is 0 Å². The normalized spacial score (nSPS) is 60.3. The first-order valence-electron chi connectivity index (χ1n) is 5.98. The SMILES string of the molecule is C[C@@H]1C(N=O)C2C[C@H]2CC[C@@]2(C)C[C@@H]12. The average molecular weight is 193 g/mol. The number of hydrogen-bond acceptors (Lipinski definition) is 2. The molecule has 0 aromatic heterocycles. The van der Waals surface area contributed by atoms with Crippen molar-refractivity contribution in [3.05, 3.63) is 4.91 Å². The molecule has 0 aliphatic heterocycles. The van der Waals surface area contributed by atoms with E-state index in [0.717, 1.165) is 11.8 Å². The van der Waals surface area contributed by atoms with Gasteiger partial charge in [0.1, 0.15) is 0 Å². The van der Waals surface area contributed by atoms with Gasteiger partial charge in [0, 0.05) is 0 Å². The summed E-state index contributed by atoms with van der Waals surface area (Å²) < 4.78 is 0. The second-order valence-corrected chi connectivity index (χ2v) is 6.12. The summed E-state index contributed by atoms with van der Waals surface area (Å²) in [7, 11) is 0. The predicted molar refractivity (Wildman–Crippen MR) is 55.8 cm³/mol. The molecular formula is C12H19NO. The smallest absolute Gasteiger partial charge is 0.0978 e. The third kappa shape index (κ3) is 1.09. The summed E-state index contributed by atoms with van der Waals surface area (Å²) in [6.07, 6.45) is 5.38. The van der Waals surface area contributed by atoms with Crippen LogP contribution in [0.1, 0.15) is 39.5 Å². The van der Waals surface area contributed by atoms with Crippen LogP contribution >= 0.6 is 0 Å². The van der Waals surface area contributed by atoms with E-state index in [1.807, 2.05) is 0 Å². The summed E-state index contributed by atoms with van der Waals surface area (Å²) in [5.74, 6) is 2.85. The molecule has 3 aliphatic carbocycles. The maximum atomic E-state index is 10.9. The summed E-state index contributed by atoms with van der Waals surface area (Å²) in [4.78, 5) is 10.9. The van der Waals surface area contributed by atoms with Crippen molar-refractivity contribution in [3.8, 4) is 0 Å². The van der Waals surface area contributed by atoms with Gasteiger partial charge in [-0.2, -0.15) is 4.91 Å². The molecule has 0 aromatic carbocycles. The lowest BCUT2D eigenvalue weighted by Gasteiger charge is -2.23. The van der Waals surface area contributed by atoms with Crippen LogP contribution in [0, 0.1) is 34.0 Å². The molecule has 0 saturated heterocycles. The van der Waals surface area contributed by atoms with Gasteiger partial charge in [-0.1, -0.05) is 19.0 Å². The van der Waals surface area contributed by atoms with Gasteiger partial charge in [-0.3, -0.25) is 0 Å². The Morgan fingerprint density at radius 1 is 1.43 bits per heavy atom. The topological polar surface area (TPSA) is 29.4 Å². The maximum absolute atomic E-state index is 10.9. The van der Waals surface area contributed by atoms with Crippen LogP contribution < -0.4 is 0 Å². The lowest BCUT2D eigenvalue weighted by molar-refractivity contribution is 0.275. The van der Waals surface area contributed by atoms with Crippen molar-refractivity contribution < 1.29 is 0 Å². The van der Waals surface area contributed by atoms with Crippen LogP contribution in [0.15, 0.2) is 5.18 Å². The number of rotatable bonds is 1. The molecule has 3 saturated carbocycles. The van der Waals surface area contributed by atoms with E-state index in [1.54, 1.807) is 0 Å². The van der Waals surface area contributed by atoms with Crippen LogP contribution in [0.2, 0.25) is 0 Å². The Balaban J connectivity index is 1.83. The van der Waals surface area contributed by atoms with Gasteiger partial charge in [0.2, 0.25) is 0 Å². The van der Waals surface area contributed by atoms with E-state index < -0.39 is 0 Å². The Morgan fingerprint density at radius 2 is 2.21 bits per heavy atom. The standard InChI is InChI=1S/C12H19NO/c1-7-10-6-12(10,2)4-3-8-5-9(8)11(7)13-14/h7-11H,3-6H2,1-2H3/t7-,8+,9?,10-,11?,12-/m0/s1. The van der Waals surface area contributed by atoms with Crippen molar-refractivity contribution in [1.82, 2.24) is 0 Å². The zero-order valence-corrected chi connectivity index (χ0v) is 9.07. The lowest BCUT2D eigenvalue weighted by Crippen LogP contribution is -2.24. The minimum Gasteiger partial charge on any atom is -0.150 e. The molecule has 0 radical (unpaired) electrons. The Hall–Kier alpha value is -0.400. The van der Waals surface area contributed by atoms with Gasteiger partial charge in [-0.25, -0.2) is 0 Å². The predicted octanol–water partition coefficient (Wildman–Crippen LogP) is 3.21. The van der Waals surface area contributed by atoms with Crippen LogP contribution in [-0.2, 0) is 0 Å². The summed E-state index contributed by atoms with van der Waals surface area (Å²) in [6.45, 7) is 4.65. The molecule has 2 unspecified atom stereocenters. The van der Waals surface area contributed by atoms with Crippen LogP contribution in [0.5, 0.6) is 0 Å². The third-order valence-corrected chi connectivity index (χ3v) is 5.22. The average Bonchev–Trinajstić information content (AvgIpc) is 3.01. The lowest BCUT2D eigenvalue weighted by atomic mass is 9.83. The van der Waals surface area contributed by atoms with Gasteiger partial charge in [0.05, 0.1) is 6.04 Å². The van der Waals surface area contributed by atoms with Crippen LogP contribution in [-0.4, -0.2) is 6.04 Å². The van der Waals surface area contributed by atoms with Crippen molar-refractivity contribution in [3.63, 3.8) is 0 Å². The van der Waals surface area contributed by atoms with Gasteiger partial charge < -0.3 is 0 Å². The Labute approximate surface area is 85.4 Å². The Kier molecular flexibility index (Phi) is 1.64. The van der Waals surface area contributed by atoms with Gasteiger partial charge in [-0.05, 0) is 54.8 Å². The van der Waals surface area contributed by atoms with E-state index in [2.05, 4.69) is 19.0 Å². The van der Waals surface area contributed by atoms with E-state index >= 15 is 0 Å². The largest absolute Gasteiger partial charge is 0.150 e. The molecule has 78 valence electrons. The molecule has 0 bridgehead atoms. The molecule has 3 aliphatic rings. The van der Waals surface area contributed by atoms with Crippen LogP contribution in [0.3, 0.4) is 0 Å². The van der Waals surface area contributed by atoms with E-state index in [1.165, 1.54) is 25.7 Å². The Morgan fingerprint density at radius 3 is 2.93 bits per heavy atom. The first kappa shape index (κ1) is 8.87. The van der Waals surface area contributed by atoms with Crippen molar-refractivity contribution in [2.24, 2.45) is 34.3 Å². The molecule has 0 aromatic rings. The van der Waals surface area contributed by atoms with Crippen molar-refractivity contribution in [1.29, 1.82) is 0 Å². The molecule has 0 amide bonds. The summed E-state index contributed by atoms with van der Waals surface area (Å²) in [6, 6.07) is 0.145. The molecule has 0 spiro atoms. The summed E-state index contributed by atoms with van der Waals surface area (Å²) >= 11 is 0. The molecule has 2 heteroatoms. The zero-order valence-electron chi connectivity index (χ0n) is 9.07. The van der Waals surface area contributed by atoms with Gasteiger partial charge >= 0.3 is 0 Å². The molecule has 3 fully saturated rings. The van der Waals surface area contributed by atoms with Gasteiger partial charge in [0.25, 0.3) is 0 Å². The molecule has 2 nitrogen and oxygen atoms in total. The fourth-order valence-corrected chi connectivity index (χ4v) is 3.89. The fourth-order valence-electron chi connectivity index (χ4n) is 3.89. The van der Waals surface area contributed by atoms with E-state index in [4.69, 9.17) is 0 Å². The minimum absolute atomic E-state index is 0.145. The second kappa shape index (κ2) is 2.59. The first-order chi connectivity index (χ1) is 6.65.